The lowest BCUT2D eigenvalue weighted by Crippen LogP contribution is -2.27. The smallest absolute Gasteiger partial charge is 0.255 e. The molecule has 0 N–H and O–H groups in total. The summed E-state index contributed by atoms with van der Waals surface area (Å²) in [5.41, 5.74) is 4.42. The molecule has 0 aliphatic carbocycles. The summed E-state index contributed by atoms with van der Waals surface area (Å²) in [5, 5.41) is 0. The highest BCUT2D eigenvalue weighted by Gasteiger charge is 2.25. The van der Waals surface area contributed by atoms with Crippen molar-refractivity contribution < 1.29 is 9.18 Å². The quantitative estimate of drug-likeness (QED) is 0.666. The highest BCUT2D eigenvalue weighted by Crippen LogP contribution is 2.30. The molecule has 26 heavy (non-hydrogen) atoms. The molecular formula is C22H21FN2O. The van der Waals surface area contributed by atoms with Gasteiger partial charge in [-0.2, -0.15) is 0 Å². The van der Waals surface area contributed by atoms with Gasteiger partial charge in [0.1, 0.15) is 5.82 Å². The van der Waals surface area contributed by atoms with E-state index in [0.29, 0.717) is 0 Å². The van der Waals surface area contributed by atoms with E-state index in [1.165, 1.54) is 12.1 Å². The van der Waals surface area contributed by atoms with Crippen LogP contribution in [0.15, 0.2) is 60.7 Å². The minimum absolute atomic E-state index is 0.0815. The number of amides is 1. The maximum absolute atomic E-state index is 13.4. The van der Waals surface area contributed by atoms with Gasteiger partial charge in [-0.05, 0) is 55.7 Å². The van der Waals surface area contributed by atoms with Crippen LogP contribution in [0.3, 0.4) is 0 Å². The third kappa shape index (κ3) is 2.92. The second-order valence-corrected chi connectivity index (χ2v) is 6.71. The van der Waals surface area contributed by atoms with Gasteiger partial charge in [0, 0.05) is 24.5 Å². The summed E-state index contributed by atoms with van der Waals surface area (Å²) >= 11 is 0. The molecule has 1 amide bonds. The van der Waals surface area contributed by atoms with Crippen LogP contribution in [-0.2, 0) is 0 Å². The zero-order chi connectivity index (χ0) is 18.1. The average molecular weight is 348 g/mol. The molecule has 0 unspecified atom stereocenters. The van der Waals surface area contributed by atoms with Crippen molar-refractivity contribution in [3.8, 4) is 16.9 Å². The molecule has 3 aromatic rings. The molecule has 1 aromatic heterocycles. The normalized spacial score (nSPS) is 14.0. The van der Waals surface area contributed by atoms with Crippen molar-refractivity contribution in [3.05, 3.63) is 77.7 Å². The Hall–Kier alpha value is -2.88. The first-order valence-corrected chi connectivity index (χ1v) is 8.98. The Morgan fingerprint density at radius 3 is 2.27 bits per heavy atom. The predicted molar refractivity (Wildman–Crippen MR) is 101 cm³/mol. The molecule has 3 nitrogen and oxygen atoms in total. The lowest BCUT2D eigenvalue weighted by atomic mass is 10.1. The number of hydrogen-bond donors (Lipinski definition) is 0. The van der Waals surface area contributed by atoms with E-state index in [9.17, 15) is 9.18 Å². The minimum Gasteiger partial charge on any atom is -0.339 e. The Balaban J connectivity index is 1.87. The predicted octanol–water partition coefficient (Wildman–Crippen LogP) is 4.83. The van der Waals surface area contributed by atoms with Gasteiger partial charge in [-0.15, -0.1) is 0 Å². The van der Waals surface area contributed by atoms with Gasteiger partial charge in [0.2, 0.25) is 0 Å². The van der Waals surface area contributed by atoms with Gasteiger partial charge in [-0.1, -0.05) is 30.3 Å². The van der Waals surface area contributed by atoms with Crippen molar-refractivity contribution in [2.45, 2.75) is 19.8 Å². The van der Waals surface area contributed by atoms with E-state index in [1.807, 2.05) is 52.8 Å². The number of benzene rings is 2. The van der Waals surface area contributed by atoms with Crippen molar-refractivity contribution in [2.24, 2.45) is 0 Å². The lowest BCUT2D eigenvalue weighted by molar-refractivity contribution is 0.0792. The Labute approximate surface area is 152 Å². The summed E-state index contributed by atoms with van der Waals surface area (Å²) in [5.74, 6) is -0.189. The van der Waals surface area contributed by atoms with Gasteiger partial charge >= 0.3 is 0 Å². The molecule has 0 atom stereocenters. The first kappa shape index (κ1) is 16.6. The molecule has 0 radical (unpaired) electrons. The Morgan fingerprint density at radius 2 is 1.62 bits per heavy atom. The molecular weight excluding hydrogens is 327 g/mol. The highest BCUT2D eigenvalue weighted by molar-refractivity contribution is 5.97. The molecule has 132 valence electrons. The molecule has 1 aliphatic rings. The monoisotopic (exact) mass is 348 g/mol. The first-order chi connectivity index (χ1) is 12.6. The zero-order valence-electron chi connectivity index (χ0n) is 14.8. The van der Waals surface area contributed by atoms with Crippen molar-refractivity contribution in [1.29, 1.82) is 0 Å². The number of hydrogen-bond acceptors (Lipinski definition) is 1. The molecule has 0 saturated carbocycles. The second-order valence-electron chi connectivity index (χ2n) is 6.71. The van der Waals surface area contributed by atoms with Gasteiger partial charge < -0.3 is 9.47 Å². The Morgan fingerprint density at radius 1 is 0.962 bits per heavy atom. The summed E-state index contributed by atoms with van der Waals surface area (Å²) in [6.07, 6.45) is 2.13. The zero-order valence-corrected chi connectivity index (χ0v) is 14.8. The van der Waals surface area contributed by atoms with Crippen LogP contribution in [0.2, 0.25) is 0 Å². The number of rotatable bonds is 3. The number of carbonyl (C=O) groups excluding carboxylic acids is 1. The van der Waals surface area contributed by atoms with E-state index in [0.717, 1.165) is 54.1 Å². The standard InChI is InChI=1S/C22H21FN2O/c1-16-20(22(26)24-13-5-6-14-24)15-21(17-7-3-2-4-8-17)25(16)19-11-9-18(23)10-12-19/h2-4,7-12,15H,5-6,13-14H2,1H3. The van der Waals surface area contributed by atoms with Gasteiger partial charge in [0.25, 0.3) is 5.91 Å². The number of halogens is 1. The number of aromatic nitrogens is 1. The van der Waals surface area contributed by atoms with E-state index in [-0.39, 0.29) is 11.7 Å². The van der Waals surface area contributed by atoms with Crippen molar-refractivity contribution in [3.63, 3.8) is 0 Å². The summed E-state index contributed by atoms with van der Waals surface area (Å²) in [6, 6.07) is 18.3. The Bertz CT molecular complexity index is 923. The minimum atomic E-state index is -0.270. The number of nitrogens with zero attached hydrogens (tertiary/aromatic N) is 2. The van der Waals surface area contributed by atoms with Crippen LogP contribution in [0.5, 0.6) is 0 Å². The number of carbonyl (C=O) groups is 1. The van der Waals surface area contributed by atoms with Crippen LogP contribution in [0, 0.1) is 12.7 Å². The van der Waals surface area contributed by atoms with Gasteiger partial charge in [-0.3, -0.25) is 4.79 Å². The summed E-state index contributed by atoms with van der Waals surface area (Å²) < 4.78 is 15.4. The van der Waals surface area contributed by atoms with E-state index in [2.05, 4.69) is 0 Å². The molecule has 2 heterocycles. The SMILES string of the molecule is Cc1c(C(=O)N2CCCC2)cc(-c2ccccc2)n1-c1ccc(F)cc1. The average Bonchev–Trinajstić information content (AvgIpc) is 3.31. The third-order valence-electron chi connectivity index (χ3n) is 5.03. The van der Waals surface area contributed by atoms with E-state index < -0.39 is 0 Å². The highest BCUT2D eigenvalue weighted by atomic mass is 19.1. The Kier molecular flexibility index (Phi) is 4.33. The van der Waals surface area contributed by atoms with Crippen LogP contribution in [-0.4, -0.2) is 28.5 Å². The van der Waals surface area contributed by atoms with Crippen LogP contribution in [0.1, 0.15) is 28.9 Å². The third-order valence-corrected chi connectivity index (χ3v) is 5.03. The van der Waals surface area contributed by atoms with Gasteiger partial charge in [0.15, 0.2) is 0 Å². The van der Waals surface area contributed by atoms with E-state index in [4.69, 9.17) is 0 Å². The second kappa shape index (κ2) is 6.79. The molecule has 1 saturated heterocycles. The van der Waals surface area contributed by atoms with Crippen LogP contribution < -0.4 is 0 Å². The van der Waals surface area contributed by atoms with E-state index in [1.54, 1.807) is 12.1 Å². The largest absolute Gasteiger partial charge is 0.339 e. The van der Waals surface area contributed by atoms with Gasteiger partial charge in [-0.25, -0.2) is 4.39 Å². The molecule has 1 fully saturated rings. The van der Waals surface area contributed by atoms with Crippen LogP contribution in [0.4, 0.5) is 4.39 Å². The topological polar surface area (TPSA) is 25.2 Å². The molecule has 4 rings (SSSR count). The molecule has 1 aliphatic heterocycles. The number of likely N-dealkylation sites (tertiary alicyclic amines) is 1. The van der Waals surface area contributed by atoms with Gasteiger partial charge in [0.05, 0.1) is 11.3 Å². The molecule has 0 bridgehead atoms. The summed E-state index contributed by atoms with van der Waals surface area (Å²) in [4.78, 5) is 14.9. The molecule has 2 aromatic carbocycles. The maximum Gasteiger partial charge on any atom is 0.255 e. The summed E-state index contributed by atoms with van der Waals surface area (Å²) in [7, 11) is 0. The van der Waals surface area contributed by atoms with E-state index >= 15 is 0 Å². The molecule has 4 heteroatoms. The van der Waals surface area contributed by atoms with Crippen LogP contribution in [0.25, 0.3) is 16.9 Å². The lowest BCUT2D eigenvalue weighted by Gasteiger charge is -2.15. The summed E-state index contributed by atoms with van der Waals surface area (Å²) in [6.45, 7) is 3.60. The fraction of sp³-hybridized carbons (Fsp3) is 0.227. The fourth-order valence-corrected chi connectivity index (χ4v) is 3.66. The molecule has 0 spiro atoms. The maximum atomic E-state index is 13.4. The van der Waals surface area contributed by atoms with Crippen molar-refractivity contribution >= 4 is 5.91 Å². The van der Waals surface area contributed by atoms with Crippen LogP contribution >= 0.6 is 0 Å². The van der Waals surface area contributed by atoms with Crippen molar-refractivity contribution in [2.75, 3.05) is 13.1 Å². The fourth-order valence-electron chi connectivity index (χ4n) is 3.66. The van der Waals surface area contributed by atoms with Crippen molar-refractivity contribution in [1.82, 2.24) is 9.47 Å². The first-order valence-electron chi connectivity index (χ1n) is 8.98.